The van der Waals surface area contributed by atoms with Crippen LogP contribution in [0.4, 0.5) is 0 Å². The van der Waals surface area contributed by atoms with Crippen LogP contribution >= 0.6 is 11.6 Å². The Kier molecular flexibility index (Phi) is 6.87. The molecule has 0 aromatic heterocycles. The van der Waals surface area contributed by atoms with Gasteiger partial charge in [0.1, 0.15) is 0 Å². The fraction of sp³-hybridized carbons (Fsp3) is 1.00. The molecule has 98 valence electrons. The van der Waals surface area contributed by atoms with Gasteiger partial charge in [-0.15, -0.1) is 11.6 Å². The lowest BCUT2D eigenvalue weighted by molar-refractivity contribution is 0.0566. The van der Waals surface area contributed by atoms with Crippen LogP contribution in [0.3, 0.4) is 0 Å². The smallest absolute Gasteiger partial charge is 0.0583 e. The van der Waals surface area contributed by atoms with Crippen LogP contribution in [0.25, 0.3) is 0 Å². The Morgan fingerprint density at radius 3 is 1.88 bits per heavy atom. The minimum Gasteiger partial charge on any atom is -0.393 e. The van der Waals surface area contributed by atoms with Crippen molar-refractivity contribution in [2.24, 2.45) is 5.92 Å². The molecule has 0 aromatic rings. The first-order valence-corrected chi connectivity index (χ1v) is 6.25. The average molecular weight is 253 g/mol. The molecule has 0 amide bonds. The zero-order valence-electron chi connectivity index (χ0n) is 10.7. The lowest BCUT2D eigenvalue weighted by Gasteiger charge is -2.29. The Morgan fingerprint density at radius 2 is 1.50 bits per heavy atom. The molecule has 0 saturated carbocycles. The second-order valence-corrected chi connectivity index (χ2v) is 6.21. The van der Waals surface area contributed by atoms with Gasteiger partial charge in [0.25, 0.3) is 0 Å². The highest BCUT2D eigenvalue weighted by Crippen LogP contribution is 2.29. The zero-order valence-corrected chi connectivity index (χ0v) is 11.4. The van der Waals surface area contributed by atoms with Crippen LogP contribution in [-0.4, -0.2) is 38.5 Å². The van der Waals surface area contributed by atoms with Crippen LogP contribution < -0.4 is 0 Å². The van der Waals surface area contributed by atoms with Gasteiger partial charge in [0, 0.05) is 4.87 Å². The number of aliphatic hydroxyl groups is 3. The molecule has 3 N–H and O–H groups in total. The van der Waals surface area contributed by atoms with Gasteiger partial charge in [-0.05, 0) is 46.0 Å². The van der Waals surface area contributed by atoms with E-state index in [1.54, 1.807) is 13.8 Å². The van der Waals surface area contributed by atoms with E-state index in [1.807, 2.05) is 13.8 Å². The van der Waals surface area contributed by atoms with Crippen molar-refractivity contribution in [2.75, 3.05) is 0 Å². The van der Waals surface area contributed by atoms with Crippen molar-refractivity contribution in [3.8, 4) is 0 Å². The average Bonchev–Trinajstić information content (AvgIpc) is 1.98. The molecule has 0 radical (unpaired) electrons. The highest BCUT2D eigenvalue weighted by atomic mass is 35.5. The van der Waals surface area contributed by atoms with Gasteiger partial charge >= 0.3 is 0 Å². The second kappa shape index (κ2) is 6.80. The number of hydrogen-bond acceptors (Lipinski definition) is 3. The summed E-state index contributed by atoms with van der Waals surface area (Å²) in [6.07, 6.45) is 0.00372. The predicted molar refractivity (Wildman–Crippen MR) is 66.6 cm³/mol. The molecule has 0 aliphatic rings. The molecule has 5 atom stereocenters. The first kappa shape index (κ1) is 16.2. The van der Waals surface area contributed by atoms with E-state index in [1.165, 1.54) is 0 Å². The van der Waals surface area contributed by atoms with Crippen molar-refractivity contribution < 1.29 is 15.3 Å². The van der Waals surface area contributed by atoms with E-state index in [0.717, 1.165) is 0 Å². The highest BCUT2D eigenvalue weighted by Gasteiger charge is 2.29. The van der Waals surface area contributed by atoms with Gasteiger partial charge in [-0.1, -0.05) is 6.92 Å². The van der Waals surface area contributed by atoms with Crippen molar-refractivity contribution in [1.29, 1.82) is 0 Å². The third-order valence-corrected chi connectivity index (χ3v) is 3.03. The maximum atomic E-state index is 9.94. The first-order chi connectivity index (χ1) is 7.14. The van der Waals surface area contributed by atoms with Crippen LogP contribution in [-0.2, 0) is 0 Å². The van der Waals surface area contributed by atoms with Gasteiger partial charge in [0.15, 0.2) is 0 Å². The van der Waals surface area contributed by atoms with Crippen LogP contribution in [0, 0.1) is 5.92 Å². The topological polar surface area (TPSA) is 60.7 Å². The summed E-state index contributed by atoms with van der Waals surface area (Å²) in [6.45, 7) is 7.11. The van der Waals surface area contributed by atoms with Gasteiger partial charge in [-0.3, -0.25) is 0 Å². The van der Waals surface area contributed by atoms with E-state index >= 15 is 0 Å². The van der Waals surface area contributed by atoms with Crippen LogP contribution in [0.2, 0.25) is 0 Å². The summed E-state index contributed by atoms with van der Waals surface area (Å²) in [7, 11) is 0. The molecule has 0 saturated heterocycles. The molecule has 0 aromatic carbocycles. The van der Waals surface area contributed by atoms with Crippen molar-refractivity contribution in [2.45, 2.75) is 70.1 Å². The number of halogens is 1. The number of hydrogen-bond donors (Lipinski definition) is 3. The molecule has 0 rings (SSSR count). The Bertz CT molecular complexity index is 193. The largest absolute Gasteiger partial charge is 0.393 e. The van der Waals surface area contributed by atoms with E-state index in [4.69, 9.17) is 11.6 Å². The highest BCUT2D eigenvalue weighted by molar-refractivity contribution is 6.23. The summed E-state index contributed by atoms with van der Waals surface area (Å²) in [5.41, 5.74) is 0. The molecule has 0 aliphatic carbocycles. The maximum absolute atomic E-state index is 9.94. The van der Waals surface area contributed by atoms with E-state index in [9.17, 15) is 15.3 Å². The molecule has 0 fully saturated rings. The monoisotopic (exact) mass is 252 g/mol. The third kappa shape index (κ3) is 7.44. The molecule has 0 bridgehead atoms. The summed E-state index contributed by atoms with van der Waals surface area (Å²) in [6, 6.07) is 0. The van der Waals surface area contributed by atoms with Crippen molar-refractivity contribution >= 4 is 11.6 Å². The summed E-state index contributed by atoms with van der Waals surface area (Å²) in [5.74, 6) is 0.00655. The van der Waals surface area contributed by atoms with Gasteiger partial charge in [0.05, 0.1) is 18.3 Å². The predicted octanol–water partition coefficient (Wildman–Crippen LogP) is 1.91. The molecule has 4 unspecified atom stereocenters. The number of rotatable bonds is 7. The first-order valence-electron chi connectivity index (χ1n) is 5.87. The standard InChI is InChI=1S/C12H25ClO3/c1-8(5-9(2)14)11(16)7-12(4,13)6-10(3)15/h8-11,14-16H,5-7H2,1-4H3/t8?,9?,10?,11-,12?/m1/s1. The van der Waals surface area contributed by atoms with Gasteiger partial charge < -0.3 is 15.3 Å². The SMILES string of the molecule is CC(O)CC(C)[C@H](O)CC(C)(Cl)CC(C)O. The van der Waals surface area contributed by atoms with Crippen molar-refractivity contribution in [3.05, 3.63) is 0 Å². The minimum atomic E-state index is -0.597. The summed E-state index contributed by atoms with van der Waals surface area (Å²) >= 11 is 6.22. The molecular weight excluding hydrogens is 228 g/mol. The second-order valence-electron chi connectivity index (χ2n) is 5.30. The fourth-order valence-electron chi connectivity index (χ4n) is 2.03. The molecule has 0 heterocycles. The third-order valence-electron chi connectivity index (χ3n) is 2.73. The van der Waals surface area contributed by atoms with E-state index < -0.39 is 23.2 Å². The quantitative estimate of drug-likeness (QED) is 0.607. The Balaban J connectivity index is 4.15. The molecular formula is C12H25ClO3. The fourth-order valence-corrected chi connectivity index (χ4v) is 2.41. The lowest BCUT2D eigenvalue weighted by Crippen LogP contribution is -2.32. The molecule has 4 heteroatoms. The van der Waals surface area contributed by atoms with Gasteiger partial charge in [0.2, 0.25) is 0 Å². The van der Waals surface area contributed by atoms with E-state index in [0.29, 0.717) is 19.3 Å². The van der Waals surface area contributed by atoms with Gasteiger partial charge in [-0.2, -0.15) is 0 Å². The van der Waals surface area contributed by atoms with Crippen molar-refractivity contribution in [3.63, 3.8) is 0 Å². The number of alkyl halides is 1. The molecule has 0 aliphatic heterocycles. The van der Waals surface area contributed by atoms with Crippen LogP contribution in [0.1, 0.15) is 47.0 Å². The Hall–Kier alpha value is 0.170. The summed E-state index contributed by atoms with van der Waals surface area (Å²) < 4.78 is 0. The molecule has 16 heavy (non-hydrogen) atoms. The van der Waals surface area contributed by atoms with E-state index in [2.05, 4.69) is 0 Å². The van der Waals surface area contributed by atoms with Crippen molar-refractivity contribution in [1.82, 2.24) is 0 Å². The van der Waals surface area contributed by atoms with Gasteiger partial charge in [-0.25, -0.2) is 0 Å². The Morgan fingerprint density at radius 1 is 1.00 bits per heavy atom. The summed E-state index contributed by atoms with van der Waals surface area (Å²) in [4.78, 5) is -0.597. The number of aliphatic hydroxyl groups excluding tert-OH is 3. The molecule has 3 nitrogen and oxygen atoms in total. The minimum absolute atomic E-state index is 0.00655. The lowest BCUT2D eigenvalue weighted by atomic mass is 9.88. The van der Waals surface area contributed by atoms with Crippen LogP contribution in [0.5, 0.6) is 0 Å². The van der Waals surface area contributed by atoms with E-state index in [-0.39, 0.29) is 5.92 Å². The van der Waals surface area contributed by atoms with Crippen LogP contribution in [0.15, 0.2) is 0 Å². The molecule has 0 spiro atoms. The maximum Gasteiger partial charge on any atom is 0.0583 e. The summed E-state index contributed by atoms with van der Waals surface area (Å²) in [5, 5.41) is 28.4. The zero-order chi connectivity index (χ0) is 12.9. The normalized spacial score (nSPS) is 23.2. The Labute approximate surface area is 103 Å².